The largest absolute Gasteiger partial charge is 0.461 e. The normalized spacial score (nSPS) is 21.1. The summed E-state index contributed by atoms with van der Waals surface area (Å²) >= 11 is 0. The summed E-state index contributed by atoms with van der Waals surface area (Å²) in [5, 5.41) is 0. The number of unbranched alkanes of at least 4 members (excludes halogenated alkanes) is 1. The van der Waals surface area contributed by atoms with Gasteiger partial charge < -0.3 is 18.9 Å². The van der Waals surface area contributed by atoms with Crippen LogP contribution >= 0.6 is 0 Å². The maximum absolute atomic E-state index is 11.9. The highest BCUT2D eigenvalue weighted by Crippen LogP contribution is 2.08. The molecule has 2 rings (SSSR count). The lowest BCUT2D eigenvalue weighted by atomic mass is 10.2. The Morgan fingerprint density at radius 3 is 1.46 bits per heavy atom. The van der Waals surface area contributed by atoms with Crippen molar-refractivity contribution in [1.29, 1.82) is 0 Å². The second-order valence-electron chi connectivity index (χ2n) is 7.63. The molecule has 0 bridgehead atoms. The minimum absolute atomic E-state index is 0.128. The topological polar surface area (TPSA) is 77.5 Å². The van der Waals surface area contributed by atoms with E-state index in [9.17, 15) is 9.59 Å². The summed E-state index contributed by atoms with van der Waals surface area (Å²) in [5.74, 6) is -0.398. The van der Waals surface area contributed by atoms with Crippen LogP contribution in [0, 0.1) is 0 Å². The first-order chi connectivity index (χ1) is 13.5. The second-order valence-corrected chi connectivity index (χ2v) is 7.63. The van der Waals surface area contributed by atoms with E-state index in [1.54, 1.807) is 0 Å². The van der Waals surface area contributed by atoms with Crippen LogP contribution in [0.25, 0.3) is 0 Å². The van der Waals surface area contributed by atoms with Gasteiger partial charge in [-0.1, -0.05) is 0 Å². The van der Waals surface area contributed by atoms with Crippen LogP contribution in [0.1, 0.15) is 39.5 Å². The summed E-state index contributed by atoms with van der Waals surface area (Å²) in [6.45, 7) is 11.8. The van der Waals surface area contributed by atoms with E-state index >= 15 is 0 Å². The number of rotatable bonds is 11. The molecule has 0 amide bonds. The van der Waals surface area contributed by atoms with Crippen LogP contribution in [-0.2, 0) is 28.5 Å². The molecule has 0 radical (unpaired) electrons. The predicted molar refractivity (Wildman–Crippen MR) is 104 cm³/mol. The second kappa shape index (κ2) is 13.1. The van der Waals surface area contributed by atoms with Crippen molar-refractivity contribution in [3.05, 3.63) is 0 Å². The Morgan fingerprint density at radius 2 is 1.11 bits per heavy atom. The van der Waals surface area contributed by atoms with E-state index in [1.165, 1.54) is 0 Å². The third-order valence-electron chi connectivity index (χ3n) is 4.92. The van der Waals surface area contributed by atoms with E-state index < -0.39 is 0 Å². The molecule has 0 saturated carbocycles. The Labute approximate surface area is 168 Å². The molecule has 2 heterocycles. The van der Waals surface area contributed by atoms with Gasteiger partial charge in [-0.15, -0.1) is 0 Å². The predicted octanol–water partition coefficient (Wildman–Crippen LogP) is 1.07. The molecule has 2 fully saturated rings. The Kier molecular flexibility index (Phi) is 10.8. The molecule has 28 heavy (non-hydrogen) atoms. The Morgan fingerprint density at radius 1 is 0.750 bits per heavy atom. The van der Waals surface area contributed by atoms with Gasteiger partial charge in [0.25, 0.3) is 0 Å². The van der Waals surface area contributed by atoms with Gasteiger partial charge in [-0.3, -0.25) is 19.4 Å². The average molecular weight is 401 g/mol. The van der Waals surface area contributed by atoms with Gasteiger partial charge in [0.1, 0.15) is 12.2 Å². The molecule has 2 atom stereocenters. The van der Waals surface area contributed by atoms with Crippen molar-refractivity contribution in [3.63, 3.8) is 0 Å². The third-order valence-corrected chi connectivity index (χ3v) is 4.92. The van der Waals surface area contributed by atoms with Crippen LogP contribution in [0.5, 0.6) is 0 Å². The molecule has 162 valence electrons. The standard InChI is InChI=1S/C20H36N2O6/c1-17(15-21-7-11-25-12-8-21)27-19(23)5-3-4-6-20(24)28-18(2)16-22-9-13-26-14-10-22/h17-18H,3-16H2,1-2H3/t17-,18+. The SMILES string of the molecule is C[C@H](CN1CCOCC1)OC(=O)CCCCC(=O)O[C@@H](C)CN1CCOCC1. The summed E-state index contributed by atoms with van der Waals surface area (Å²) in [6, 6.07) is 0. The molecule has 0 aromatic rings. The Hall–Kier alpha value is -1.22. The fourth-order valence-corrected chi connectivity index (χ4v) is 3.47. The monoisotopic (exact) mass is 400 g/mol. The lowest BCUT2D eigenvalue weighted by Crippen LogP contribution is -2.41. The van der Waals surface area contributed by atoms with E-state index in [4.69, 9.17) is 18.9 Å². The number of morpholine rings is 2. The number of nitrogens with zero attached hydrogens (tertiary/aromatic N) is 2. The zero-order valence-corrected chi connectivity index (χ0v) is 17.4. The van der Waals surface area contributed by atoms with Crippen molar-refractivity contribution < 1.29 is 28.5 Å². The van der Waals surface area contributed by atoms with Crippen LogP contribution in [-0.4, -0.2) is 99.6 Å². The summed E-state index contributed by atoms with van der Waals surface area (Å²) in [5.41, 5.74) is 0. The highest BCUT2D eigenvalue weighted by molar-refractivity contribution is 5.70. The molecular weight excluding hydrogens is 364 g/mol. The van der Waals surface area contributed by atoms with Crippen LogP contribution in [0.4, 0.5) is 0 Å². The number of carbonyl (C=O) groups excluding carboxylic acids is 2. The minimum atomic E-state index is -0.199. The molecular formula is C20H36N2O6. The van der Waals surface area contributed by atoms with E-state index in [0.717, 1.165) is 65.7 Å². The molecule has 0 spiro atoms. The molecule has 2 aliphatic heterocycles. The molecule has 2 aliphatic rings. The quantitative estimate of drug-likeness (QED) is 0.377. The molecule has 0 unspecified atom stereocenters. The van der Waals surface area contributed by atoms with Crippen LogP contribution < -0.4 is 0 Å². The van der Waals surface area contributed by atoms with Gasteiger partial charge in [-0.05, 0) is 26.7 Å². The number of ether oxygens (including phenoxy) is 4. The lowest BCUT2D eigenvalue weighted by molar-refractivity contribution is -0.151. The zero-order chi connectivity index (χ0) is 20.2. The fraction of sp³-hybridized carbons (Fsp3) is 0.900. The van der Waals surface area contributed by atoms with Gasteiger partial charge >= 0.3 is 11.9 Å². The molecule has 8 heteroatoms. The molecule has 8 nitrogen and oxygen atoms in total. The van der Waals surface area contributed by atoms with E-state index in [2.05, 4.69) is 9.80 Å². The van der Waals surface area contributed by atoms with Crippen LogP contribution in [0.15, 0.2) is 0 Å². The van der Waals surface area contributed by atoms with E-state index in [1.807, 2.05) is 13.8 Å². The average Bonchev–Trinajstić information content (AvgIpc) is 2.66. The highest BCUT2D eigenvalue weighted by atomic mass is 16.5. The molecule has 2 saturated heterocycles. The Bertz CT molecular complexity index is 422. The van der Waals surface area contributed by atoms with Crippen molar-refractivity contribution in [2.45, 2.75) is 51.7 Å². The number of hydrogen-bond acceptors (Lipinski definition) is 8. The number of carbonyl (C=O) groups is 2. The lowest BCUT2D eigenvalue weighted by Gasteiger charge is -2.29. The van der Waals surface area contributed by atoms with Gasteiger partial charge in [0, 0.05) is 52.1 Å². The summed E-state index contributed by atoms with van der Waals surface area (Å²) < 4.78 is 21.5. The maximum atomic E-state index is 11.9. The third kappa shape index (κ3) is 9.82. The van der Waals surface area contributed by atoms with Gasteiger partial charge in [0.05, 0.1) is 26.4 Å². The molecule has 0 N–H and O–H groups in total. The first-order valence-corrected chi connectivity index (χ1v) is 10.5. The maximum Gasteiger partial charge on any atom is 0.306 e. The summed E-state index contributed by atoms with van der Waals surface area (Å²) in [4.78, 5) is 28.4. The summed E-state index contributed by atoms with van der Waals surface area (Å²) in [7, 11) is 0. The zero-order valence-electron chi connectivity index (χ0n) is 17.4. The first-order valence-electron chi connectivity index (χ1n) is 10.5. The molecule has 0 aromatic heterocycles. The number of hydrogen-bond donors (Lipinski definition) is 0. The highest BCUT2D eigenvalue weighted by Gasteiger charge is 2.18. The molecule has 0 aliphatic carbocycles. The van der Waals surface area contributed by atoms with Crippen molar-refractivity contribution in [2.75, 3.05) is 65.7 Å². The number of esters is 2. The van der Waals surface area contributed by atoms with Crippen LogP contribution in [0.3, 0.4) is 0 Å². The van der Waals surface area contributed by atoms with Gasteiger partial charge in [0.2, 0.25) is 0 Å². The Balaban J connectivity index is 1.48. The van der Waals surface area contributed by atoms with Crippen LogP contribution in [0.2, 0.25) is 0 Å². The smallest absolute Gasteiger partial charge is 0.306 e. The van der Waals surface area contributed by atoms with Crippen molar-refractivity contribution in [3.8, 4) is 0 Å². The van der Waals surface area contributed by atoms with Crippen molar-refractivity contribution in [2.24, 2.45) is 0 Å². The van der Waals surface area contributed by atoms with Gasteiger partial charge in [-0.2, -0.15) is 0 Å². The van der Waals surface area contributed by atoms with Gasteiger partial charge in [-0.25, -0.2) is 0 Å². The van der Waals surface area contributed by atoms with Gasteiger partial charge in [0.15, 0.2) is 0 Å². The van der Waals surface area contributed by atoms with E-state index in [0.29, 0.717) is 25.7 Å². The van der Waals surface area contributed by atoms with E-state index in [-0.39, 0.29) is 24.1 Å². The summed E-state index contributed by atoms with van der Waals surface area (Å²) in [6.07, 6.45) is 1.69. The fourth-order valence-electron chi connectivity index (χ4n) is 3.47. The van der Waals surface area contributed by atoms with Crippen molar-refractivity contribution >= 4 is 11.9 Å². The van der Waals surface area contributed by atoms with Crippen molar-refractivity contribution in [1.82, 2.24) is 9.80 Å². The minimum Gasteiger partial charge on any atom is -0.461 e. The first kappa shape index (κ1) is 23.1. The molecule has 0 aromatic carbocycles.